The Bertz CT molecular complexity index is 298. The molecular formula is C10H15N3. The minimum absolute atomic E-state index is 0.581. The Kier molecular flexibility index (Phi) is 2.08. The molecule has 0 bridgehead atoms. The van der Waals surface area contributed by atoms with Crippen molar-refractivity contribution in [1.29, 1.82) is 0 Å². The second kappa shape index (κ2) is 3.24. The van der Waals surface area contributed by atoms with Gasteiger partial charge in [-0.25, -0.2) is 4.98 Å². The third-order valence-electron chi connectivity index (χ3n) is 2.75. The lowest BCUT2D eigenvalue weighted by atomic mass is 9.81. The van der Waals surface area contributed by atoms with Crippen LogP contribution in [0.4, 0.5) is 11.5 Å². The van der Waals surface area contributed by atoms with E-state index in [9.17, 15) is 0 Å². The molecule has 3 nitrogen and oxygen atoms in total. The van der Waals surface area contributed by atoms with Gasteiger partial charge in [0.2, 0.25) is 0 Å². The van der Waals surface area contributed by atoms with Gasteiger partial charge in [-0.15, -0.1) is 0 Å². The Morgan fingerprint density at radius 2 is 2.38 bits per heavy atom. The summed E-state index contributed by atoms with van der Waals surface area (Å²) in [5.74, 6) is 1.37. The molecule has 1 heterocycles. The highest BCUT2D eigenvalue weighted by Gasteiger charge is 2.26. The number of aromatic nitrogens is 1. The molecule has 0 amide bonds. The topological polar surface area (TPSA) is 50.9 Å². The number of nitrogens with one attached hydrogen (secondary N) is 1. The van der Waals surface area contributed by atoms with Crippen molar-refractivity contribution < 1.29 is 0 Å². The lowest BCUT2D eigenvalue weighted by molar-refractivity contribution is 0.303. The Balaban J connectivity index is 2.01. The smallest absolute Gasteiger partial charge is 0.125 e. The monoisotopic (exact) mass is 177 g/mol. The van der Waals surface area contributed by atoms with E-state index in [1.165, 1.54) is 12.8 Å². The molecule has 70 valence electrons. The quantitative estimate of drug-likeness (QED) is 0.725. The zero-order chi connectivity index (χ0) is 9.26. The standard InChI is InChI=1S/C10H15N3/c1-7-2-3-9(7)13-8-4-5-12-10(11)6-8/h4-7,9H,2-3H2,1H3,(H3,11,12,13). The van der Waals surface area contributed by atoms with Gasteiger partial charge < -0.3 is 11.1 Å². The summed E-state index contributed by atoms with van der Waals surface area (Å²) in [5, 5.41) is 3.45. The number of pyridine rings is 1. The Labute approximate surface area is 78.4 Å². The van der Waals surface area contributed by atoms with E-state index >= 15 is 0 Å². The molecule has 1 fully saturated rings. The Hall–Kier alpha value is -1.25. The number of anilines is 2. The molecule has 0 aromatic carbocycles. The largest absolute Gasteiger partial charge is 0.384 e. The van der Waals surface area contributed by atoms with Crippen molar-refractivity contribution in [2.75, 3.05) is 11.1 Å². The van der Waals surface area contributed by atoms with Gasteiger partial charge in [0.25, 0.3) is 0 Å². The van der Waals surface area contributed by atoms with E-state index in [1.807, 2.05) is 12.1 Å². The van der Waals surface area contributed by atoms with Gasteiger partial charge in [-0.2, -0.15) is 0 Å². The molecule has 1 aliphatic carbocycles. The molecule has 1 aromatic heterocycles. The van der Waals surface area contributed by atoms with Gasteiger partial charge in [-0.1, -0.05) is 6.92 Å². The summed E-state index contributed by atoms with van der Waals surface area (Å²) in [6, 6.07) is 4.47. The normalized spacial score (nSPS) is 26.5. The van der Waals surface area contributed by atoms with Crippen LogP contribution in [0.25, 0.3) is 0 Å². The number of hydrogen-bond donors (Lipinski definition) is 2. The van der Waals surface area contributed by atoms with Crippen molar-refractivity contribution in [1.82, 2.24) is 4.98 Å². The van der Waals surface area contributed by atoms with Crippen LogP contribution in [0.15, 0.2) is 18.3 Å². The predicted molar refractivity (Wildman–Crippen MR) is 54.5 cm³/mol. The Morgan fingerprint density at radius 1 is 1.54 bits per heavy atom. The molecule has 1 aliphatic rings. The van der Waals surface area contributed by atoms with Crippen LogP contribution in [0.2, 0.25) is 0 Å². The summed E-state index contributed by atoms with van der Waals surface area (Å²) >= 11 is 0. The van der Waals surface area contributed by atoms with E-state index in [1.54, 1.807) is 6.20 Å². The maximum absolute atomic E-state index is 5.58. The van der Waals surface area contributed by atoms with Gasteiger partial charge in [0.05, 0.1) is 0 Å². The fraction of sp³-hybridized carbons (Fsp3) is 0.500. The van der Waals surface area contributed by atoms with Crippen molar-refractivity contribution in [3.05, 3.63) is 18.3 Å². The second-order valence-corrected chi connectivity index (χ2v) is 3.77. The van der Waals surface area contributed by atoms with E-state index in [4.69, 9.17) is 5.73 Å². The number of nitrogens with zero attached hydrogens (tertiary/aromatic N) is 1. The molecule has 0 saturated heterocycles. The van der Waals surface area contributed by atoms with Crippen LogP contribution in [0.1, 0.15) is 19.8 Å². The summed E-state index contributed by atoms with van der Waals surface area (Å²) in [5.41, 5.74) is 6.66. The molecule has 2 atom stereocenters. The van der Waals surface area contributed by atoms with Crippen LogP contribution in [0, 0.1) is 5.92 Å². The van der Waals surface area contributed by atoms with Crippen LogP contribution in [0.3, 0.4) is 0 Å². The molecule has 0 spiro atoms. The highest BCUT2D eigenvalue weighted by atomic mass is 15.0. The zero-order valence-corrected chi connectivity index (χ0v) is 7.83. The summed E-state index contributed by atoms with van der Waals surface area (Å²) in [7, 11) is 0. The van der Waals surface area contributed by atoms with E-state index in [0.29, 0.717) is 11.9 Å². The molecule has 2 rings (SSSR count). The lowest BCUT2D eigenvalue weighted by Crippen LogP contribution is -2.36. The first-order valence-electron chi connectivity index (χ1n) is 4.74. The van der Waals surface area contributed by atoms with Crippen molar-refractivity contribution in [2.45, 2.75) is 25.8 Å². The summed E-state index contributed by atoms with van der Waals surface area (Å²) in [6.45, 7) is 2.27. The van der Waals surface area contributed by atoms with Crippen LogP contribution in [-0.4, -0.2) is 11.0 Å². The van der Waals surface area contributed by atoms with Crippen molar-refractivity contribution >= 4 is 11.5 Å². The molecule has 3 heteroatoms. The summed E-state index contributed by atoms with van der Waals surface area (Å²) in [6.07, 6.45) is 4.34. The number of nitrogen functional groups attached to an aromatic ring is 1. The Morgan fingerprint density at radius 3 is 2.92 bits per heavy atom. The van der Waals surface area contributed by atoms with E-state index in [0.717, 1.165) is 11.6 Å². The highest BCUT2D eigenvalue weighted by molar-refractivity contribution is 5.50. The SMILES string of the molecule is CC1CCC1Nc1ccnc(N)c1. The molecular weight excluding hydrogens is 162 g/mol. The third-order valence-corrected chi connectivity index (χ3v) is 2.75. The first-order chi connectivity index (χ1) is 6.25. The minimum atomic E-state index is 0.581. The van der Waals surface area contributed by atoms with E-state index in [-0.39, 0.29) is 0 Å². The summed E-state index contributed by atoms with van der Waals surface area (Å²) in [4.78, 5) is 3.95. The molecule has 1 aromatic rings. The van der Waals surface area contributed by atoms with Crippen LogP contribution >= 0.6 is 0 Å². The summed E-state index contributed by atoms with van der Waals surface area (Å²) < 4.78 is 0. The molecule has 0 radical (unpaired) electrons. The average Bonchev–Trinajstić information content (AvgIpc) is 2.12. The van der Waals surface area contributed by atoms with Crippen molar-refractivity contribution in [3.63, 3.8) is 0 Å². The van der Waals surface area contributed by atoms with Gasteiger partial charge in [-0.3, -0.25) is 0 Å². The van der Waals surface area contributed by atoms with Crippen LogP contribution in [0.5, 0.6) is 0 Å². The number of nitrogens with two attached hydrogens (primary N) is 1. The molecule has 2 unspecified atom stereocenters. The predicted octanol–water partition coefficient (Wildman–Crippen LogP) is 1.87. The fourth-order valence-electron chi connectivity index (χ4n) is 1.63. The lowest BCUT2D eigenvalue weighted by Gasteiger charge is -2.35. The van der Waals surface area contributed by atoms with Crippen molar-refractivity contribution in [2.24, 2.45) is 5.92 Å². The minimum Gasteiger partial charge on any atom is -0.384 e. The second-order valence-electron chi connectivity index (χ2n) is 3.77. The number of hydrogen-bond acceptors (Lipinski definition) is 3. The number of rotatable bonds is 2. The zero-order valence-electron chi connectivity index (χ0n) is 7.83. The van der Waals surface area contributed by atoms with Crippen LogP contribution in [-0.2, 0) is 0 Å². The van der Waals surface area contributed by atoms with Gasteiger partial charge in [0.15, 0.2) is 0 Å². The molecule has 0 aliphatic heterocycles. The molecule has 13 heavy (non-hydrogen) atoms. The van der Waals surface area contributed by atoms with Gasteiger partial charge in [0.1, 0.15) is 5.82 Å². The third kappa shape index (κ3) is 1.74. The first kappa shape index (κ1) is 8.35. The van der Waals surface area contributed by atoms with Gasteiger partial charge >= 0.3 is 0 Å². The van der Waals surface area contributed by atoms with E-state index < -0.39 is 0 Å². The maximum Gasteiger partial charge on any atom is 0.125 e. The average molecular weight is 177 g/mol. The van der Waals surface area contributed by atoms with Crippen molar-refractivity contribution in [3.8, 4) is 0 Å². The van der Waals surface area contributed by atoms with E-state index in [2.05, 4.69) is 17.2 Å². The van der Waals surface area contributed by atoms with Gasteiger partial charge in [0, 0.05) is 24.0 Å². The fourth-order valence-corrected chi connectivity index (χ4v) is 1.63. The first-order valence-corrected chi connectivity index (χ1v) is 4.74. The molecule has 1 saturated carbocycles. The molecule has 3 N–H and O–H groups in total. The van der Waals surface area contributed by atoms with Crippen LogP contribution < -0.4 is 11.1 Å². The van der Waals surface area contributed by atoms with Gasteiger partial charge in [-0.05, 0) is 24.8 Å². The highest BCUT2D eigenvalue weighted by Crippen LogP contribution is 2.29. The maximum atomic E-state index is 5.58.